The van der Waals surface area contributed by atoms with Crippen molar-refractivity contribution >= 4 is 11.7 Å². The van der Waals surface area contributed by atoms with E-state index in [4.69, 9.17) is 5.11 Å². The highest BCUT2D eigenvalue weighted by Crippen LogP contribution is 2.01. The summed E-state index contributed by atoms with van der Waals surface area (Å²) in [5.74, 6) is -0.121. The molecule has 1 aromatic rings. The van der Waals surface area contributed by atoms with Gasteiger partial charge in [0.1, 0.15) is 5.82 Å². The molecule has 0 amide bonds. The first-order valence-corrected chi connectivity index (χ1v) is 3.93. The third kappa shape index (κ3) is 3.50. The van der Waals surface area contributed by atoms with Crippen molar-refractivity contribution < 1.29 is 9.90 Å². The van der Waals surface area contributed by atoms with Crippen LogP contribution in [0.15, 0.2) is 12.4 Å². The molecule has 0 aliphatic carbocycles. The minimum atomic E-state index is -0.819. The van der Waals surface area contributed by atoms with Crippen molar-refractivity contribution in [3.8, 4) is 0 Å². The third-order valence-corrected chi connectivity index (χ3v) is 1.45. The SMILES string of the molecule is Cc1ncc(NCCC(=O)O)cn1. The standard InChI is InChI=1S/C8H11N3O2/c1-6-10-4-7(5-11-6)9-3-2-8(12)13/h4-5,9H,2-3H2,1H3,(H,12,13). The number of nitrogens with one attached hydrogen (secondary N) is 1. The second-order valence-corrected chi connectivity index (χ2v) is 2.59. The van der Waals surface area contributed by atoms with Crippen LogP contribution in [-0.2, 0) is 4.79 Å². The van der Waals surface area contributed by atoms with E-state index in [9.17, 15) is 4.79 Å². The van der Waals surface area contributed by atoms with E-state index in [0.717, 1.165) is 5.69 Å². The molecule has 0 unspecified atom stereocenters. The fraction of sp³-hybridized carbons (Fsp3) is 0.375. The van der Waals surface area contributed by atoms with Crippen molar-refractivity contribution in [3.05, 3.63) is 18.2 Å². The molecule has 0 atom stereocenters. The van der Waals surface area contributed by atoms with Crippen molar-refractivity contribution in [2.24, 2.45) is 0 Å². The molecule has 5 nitrogen and oxygen atoms in total. The van der Waals surface area contributed by atoms with Crippen molar-refractivity contribution in [3.63, 3.8) is 0 Å². The summed E-state index contributed by atoms with van der Waals surface area (Å²) in [6, 6.07) is 0. The number of aryl methyl sites for hydroxylation is 1. The third-order valence-electron chi connectivity index (χ3n) is 1.45. The van der Waals surface area contributed by atoms with Crippen molar-refractivity contribution in [2.45, 2.75) is 13.3 Å². The lowest BCUT2D eigenvalue weighted by atomic mass is 10.4. The van der Waals surface area contributed by atoms with E-state index in [1.165, 1.54) is 0 Å². The van der Waals surface area contributed by atoms with Crippen LogP contribution in [0.25, 0.3) is 0 Å². The number of carboxylic acids is 1. The molecule has 0 aliphatic rings. The summed E-state index contributed by atoms with van der Waals surface area (Å²) in [6.07, 6.45) is 3.35. The molecular formula is C8H11N3O2. The average molecular weight is 181 g/mol. The maximum atomic E-state index is 10.2. The number of carbonyl (C=O) groups is 1. The minimum Gasteiger partial charge on any atom is -0.481 e. The maximum absolute atomic E-state index is 10.2. The van der Waals surface area contributed by atoms with Gasteiger partial charge in [-0.2, -0.15) is 0 Å². The Morgan fingerprint density at radius 1 is 1.54 bits per heavy atom. The number of aliphatic carboxylic acids is 1. The first kappa shape index (κ1) is 9.44. The highest BCUT2D eigenvalue weighted by Gasteiger charge is 1.96. The number of aromatic nitrogens is 2. The molecule has 5 heteroatoms. The topological polar surface area (TPSA) is 75.1 Å². The van der Waals surface area contributed by atoms with Crippen LogP contribution in [0.5, 0.6) is 0 Å². The Kier molecular flexibility index (Phi) is 3.19. The summed E-state index contributed by atoms with van der Waals surface area (Å²) >= 11 is 0. The Morgan fingerprint density at radius 2 is 2.15 bits per heavy atom. The molecule has 1 heterocycles. The summed E-state index contributed by atoms with van der Waals surface area (Å²) in [5, 5.41) is 11.3. The molecule has 0 radical (unpaired) electrons. The number of hydrogen-bond acceptors (Lipinski definition) is 4. The monoisotopic (exact) mass is 181 g/mol. The lowest BCUT2D eigenvalue weighted by Gasteiger charge is -2.02. The predicted molar refractivity (Wildman–Crippen MR) is 47.5 cm³/mol. The van der Waals surface area contributed by atoms with Gasteiger partial charge in [-0.15, -0.1) is 0 Å². The van der Waals surface area contributed by atoms with Gasteiger partial charge in [0.05, 0.1) is 24.5 Å². The Balaban J connectivity index is 2.37. The number of carboxylic acid groups (broad SMARTS) is 1. The van der Waals surface area contributed by atoms with Gasteiger partial charge >= 0.3 is 5.97 Å². The van der Waals surface area contributed by atoms with E-state index in [1.807, 2.05) is 0 Å². The van der Waals surface area contributed by atoms with E-state index < -0.39 is 5.97 Å². The fourth-order valence-electron chi connectivity index (χ4n) is 0.798. The van der Waals surface area contributed by atoms with E-state index in [1.54, 1.807) is 19.3 Å². The number of rotatable bonds is 4. The molecular weight excluding hydrogens is 170 g/mol. The van der Waals surface area contributed by atoms with Gasteiger partial charge in [0.2, 0.25) is 0 Å². The van der Waals surface area contributed by atoms with Gasteiger partial charge < -0.3 is 10.4 Å². The van der Waals surface area contributed by atoms with E-state index in [0.29, 0.717) is 12.4 Å². The molecule has 0 saturated heterocycles. The summed E-state index contributed by atoms with van der Waals surface area (Å²) in [4.78, 5) is 18.1. The van der Waals surface area contributed by atoms with Crippen LogP contribution in [0, 0.1) is 6.92 Å². The Bertz CT molecular complexity index is 284. The molecule has 13 heavy (non-hydrogen) atoms. The molecule has 0 spiro atoms. The molecule has 1 rings (SSSR count). The summed E-state index contributed by atoms with van der Waals surface area (Å²) < 4.78 is 0. The van der Waals surface area contributed by atoms with Gasteiger partial charge in [0.25, 0.3) is 0 Å². The van der Waals surface area contributed by atoms with E-state index in [-0.39, 0.29) is 6.42 Å². The first-order chi connectivity index (χ1) is 6.18. The van der Waals surface area contributed by atoms with Crippen LogP contribution >= 0.6 is 0 Å². The van der Waals surface area contributed by atoms with Crippen LogP contribution in [0.1, 0.15) is 12.2 Å². The summed E-state index contributed by atoms with van der Waals surface area (Å²) in [7, 11) is 0. The number of anilines is 1. The smallest absolute Gasteiger partial charge is 0.305 e. The Labute approximate surface area is 75.8 Å². The second-order valence-electron chi connectivity index (χ2n) is 2.59. The van der Waals surface area contributed by atoms with Gasteiger partial charge in [-0.05, 0) is 6.92 Å². The zero-order valence-corrected chi connectivity index (χ0v) is 7.32. The second kappa shape index (κ2) is 4.39. The largest absolute Gasteiger partial charge is 0.481 e. The summed E-state index contributed by atoms with van der Waals surface area (Å²) in [5.41, 5.74) is 0.742. The zero-order chi connectivity index (χ0) is 9.68. The molecule has 1 aromatic heterocycles. The van der Waals surface area contributed by atoms with Crippen molar-refractivity contribution in [2.75, 3.05) is 11.9 Å². The molecule has 0 aliphatic heterocycles. The number of hydrogen-bond donors (Lipinski definition) is 2. The van der Waals surface area contributed by atoms with E-state index >= 15 is 0 Å². The van der Waals surface area contributed by atoms with E-state index in [2.05, 4.69) is 15.3 Å². The summed E-state index contributed by atoms with van der Waals surface area (Å²) in [6.45, 7) is 2.18. The van der Waals surface area contributed by atoms with Gasteiger partial charge in [0, 0.05) is 6.54 Å². The molecule has 0 saturated carbocycles. The quantitative estimate of drug-likeness (QED) is 0.714. The van der Waals surface area contributed by atoms with Crippen LogP contribution in [0.2, 0.25) is 0 Å². The minimum absolute atomic E-state index is 0.0911. The van der Waals surface area contributed by atoms with Gasteiger partial charge in [-0.1, -0.05) is 0 Å². The highest BCUT2D eigenvalue weighted by atomic mass is 16.4. The van der Waals surface area contributed by atoms with Crippen LogP contribution in [-0.4, -0.2) is 27.6 Å². The highest BCUT2D eigenvalue weighted by molar-refractivity contribution is 5.67. The van der Waals surface area contributed by atoms with Gasteiger partial charge in [-0.3, -0.25) is 4.79 Å². The Morgan fingerprint density at radius 3 is 2.69 bits per heavy atom. The first-order valence-electron chi connectivity index (χ1n) is 3.93. The normalized spacial score (nSPS) is 9.62. The Hall–Kier alpha value is -1.65. The molecule has 0 fully saturated rings. The molecule has 70 valence electrons. The molecule has 2 N–H and O–H groups in total. The van der Waals surface area contributed by atoms with Gasteiger partial charge in [-0.25, -0.2) is 9.97 Å². The lowest BCUT2D eigenvalue weighted by Crippen LogP contribution is -2.08. The molecule has 0 aromatic carbocycles. The van der Waals surface area contributed by atoms with Crippen LogP contribution in [0.3, 0.4) is 0 Å². The zero-order valence-electron chi connectivity index (χ0n) is 7.32. The van der Waals surface area contributed by atoms with Gasteiger partial charge in [0.15, 0.2) is 0 Å². The fourth-order valence-corrected chi connectivity index (χ4v) is 0.798. The predicted octanol–water partition coefficient (Wildman–Crippen LogP) is 0.672. The molecule has 0 bridgehead atoms. The average Bonchev–Trinajstić information content (AvgIpc) is 2.08. The number of nitrogens with zero attached hydrogens (tertiary/aromatic N) is 2. The maximum Gasteiger partial charge on any atom is 0.305 e. The lowest BCUT2D eigenvalue weighted by molar-refractivity contribution is -0.136. The van der Waals surface area contributed by atoms with Crippen molar-refractivity contribution in [1.29, 1.82) is 0 Å². The van der Waals surface area contributed by atoms with Crippen LogP contribution in [0.4, 0.5) is 5.69 Å². The van der Waals surface area contributed by atoms with Crippen molar-refractivity contribution in [1.82, 2.24) is 9.97 Å². The van der Waals surface area contributed by atoms with Crippen LogP contribution < -0.4 is 5.32 Å².